The van der Waals surface area contributed by atoms with E-state index < -0.39 is 0 Å². The van der Waals surface area contributed by atoms with Gasteiger partial charge in [-0.1, -0.05) is 45.9 Å². The molecule has 0 saturated heterocycles. The Bertz CT molecular complexity index is 510. The Morgan fingerprint density at radius 2 is 1.95 bits per heavy atom. The summed E-state index contributed by atoms with van der Waals surface area (Å²) < 4.78 is 6.60. The fourth-order valence-electron chi connectivity index (χ4n) is 4.95. The van der Waals surface area contributed by atoms with Gasteiger partial charge in [0.15, 0.2) is 0 Å². The van der Waals surface area contributed by atoms with Crippen LogP contribution in [-0.4, -0.2) is 12.1 Å². The normalized spacial score (nSPS) is 34.3. The predicted molar refractivity (Wildman–Crippen MR) is 87.6 cm³/mol. The molecule has 1 saturated carbocycles. The van der Waals surface area contributed by atoms with E-state index in [0.29, 0.717) is 11.5 Å². The minimum Gasteiger partial charge on any atom is -0.487 e. The summed E-state index contributed by atoms with van der Waals surface area (Å²) in [7, 11) is 0. The first kappa shape index (κ1) is 14.9. The molecule has 3 unspecified atom stereocenters. The van der Waals surface area contributed by atoms with E-state index in [0.717, 1.165) is 24.6 Å². The van der Waals surface area contributed by atoms with Crippen molar-refractivity contribution in [2.24, 2.45) is 11.3 Å². The molecule has 2 aliphatic rings. The van der Waals surface area contributed by atoms with E-state index in [1.165, 1.54) is 24.8 Å². The molecule has 1 aromatic rings. The van der Waals surface area contributed by atoms with E-state index in [9.17, 15) is 0 Å². The summed E-state index contributed by atoms with van der Waals surface area (Å²) in [5.41, 5.74) is 1.73. The van der Waals surface area contributed by atoms with Gasteiger partial charge in [-0.25, -0.2) is 0 Å². The van der Waals surface area contributed by atoms with E-state index in [1.807, 2.05) is 0 Å². The van der Waals surface area contributed by atoms with Crippen LogP contribution in [0.15, 0.2) is 24.3 Å². The van der Waals surface area contributed by atoms with E-state index in [-0.39, 0.29) is 5.60 Å². The Labute approximate surface area is 129 Å². The molecule has 21 heavy (non-hydrogen) atoms. The Balaban J connectivity index is 1.95. The maximum atomic E-state index is 6.60. The van der Waals surface area contributed by atoms with Crippen LogP contribution in [-0.2, 0) is 0 Å². The molecule has 116 valence electrons. The van der Waals surface area contributed by atoms with E-state index >= 15 is 0 Å². The fourth-order valence-corrected chi connectivity index (χ4v) is 4.95. The van der Waals surface area contributed by atoms with Crippen molar-refractivity contribution in [1.29, 1.82) is 0 Å². The van der Waals surface area contributed by atoms with Crippen LogP contribution in [0.25, 0.3) is 0 Å². The lowest BCUT2D eigenvalue weighted by Crippen LogP contribution is -2.51. The molecule has 1 aliphatic carbocycles. The Morgan fingerprint density at radius 3 is 2.67 bits per heavy atom. The molecule has 3 rings (SSSR count). The van der Waals surface area contributed by atoms with Crippen molar-refractivity contribution < 1.29 is 4.74 Å². The zero-order chi connectivity index (χ0) is 15.1. The average molecular weight is 287 g/mol. The molecule has 0 amide bonds. The van der Waals surface area contributed by atoms with Gasteiger partial charge in [0.2, 0.25) is 0 Å². The van der Waals surface area contributed by atoms with Crippen LogP contribution in [0.2, 0.25) is 0 Å². The first-order chi connectivity index (χ1) is 9.93. The standard InChI is InChI=1S/C19H29NO/c1-5-20-16-12-19(11-14(2)10-18(3,4)13-19)21-17-9-7-6-8-15(16)17/h6-9,14,16,20H,5,10-13H2,1-4H3. The average Bonchev–Trinajstić information content (AvgIpc) is 2.36. The topological polar surface area (TPSA) is 21.3 Å². The molecule has 2 heteroatoms. The van der Waals surface area contributed by atoms with Crippen LogP contribution >= 0.6 is 0 Å². The minimum atomic E-state index is 0.0162. The maximum Gasteiger partial charge on any atom is 0.124 e. The van der Waals surface area contributed by atoms with E-state index in [2.05, 4.69) is 57.3 Å². The summed E-state index contributed by atoms with van der Waals surface area (Å²) in [6.45, 7) is 10.4. The van der Waals surface area contributed by atoms with Crippen molar-refractivity contribution in [1.82, 2.24) is 5.32 Å². The monoisotopic (exact) mass is 287 g/mol. The highest BCUT2D eigenvalue weighted by molar-refractivity contribution is 5.39. The largest absolute Gasteiger partial charge is 0.487 e. The summed E-state index contributed by atoms with van der Waals surface area (Å²) in [4.78, 5) is 0. The molecular formula is C19H29NO. The molecule has 0 aromatic heterocycles. The smallest absolute Gasteiger partial charge is 0.124 e. The SMILES string of the molecule is CCNC1CC2(CC(C)CC(C)(C)C2)Oc2ccccc21. The van der Waals surface area contributed by atoms with Gasteiger partial charge < -0.3 is 10.1 Å². The third kappa shape index (κ3) is 2.96. The Hall–Kier alpha value is -1.02. The number of fused-ring (bicyclic) bond motifs is 1. The molecule has 1 heterocycles. The first-order valence-electron chi connectivity index (χ1n) is 8.44. The van der Waals surface area contributed by atoms with Crippen LogP contribution in [0.5, 0.6) is 5.75 Å². The molecule has 0 bridgehead atoms. The van der Waals surface area contributed by atoms with Crippen LogP contribution < -0.4 is 10.1 Å². The van der Waals surface area contributed by atoms with Crippen LogP contribution in [0.4, 0.5) is 0 Å². The van der Waals surface area contributed by atoms with Crippen molar-refractivity contribution in [3.63, 3.8) is 0 Å². The number of hydrogen-bond donors (Lipinski definition) is 1. The van der Waals surface area contributed by atoms with Crippen molar-refractivity contribution in [3.8, 4) is 5.75 Å². The van der Waals surface area contributed by atoms with Crippen molar-refractivity contribution in [2.75, 3.05) is 6.54 Å². The van der Waals surface area contributed by atoms with E-state index in [4.69, 9.17) is 4.74 Å². The summed E-state index contributed by atoms with van der Waals surface area (Å²) >= 11 is 0. The van der Waals surface area contributed by atoms with Gasteiger partial charge in [-0.05, 0) is 43.2 Å². The van der Waals surface area contributed by atoms with Gasteiger partial charge in [-0.15, -0.1) is 0 Å². The quantitative estimate of drug-likeness (QED) is 0.851. The van der Waals surface area contributed by atoms with Gasteiger partial charge >= 0.3 is 0 Å². The Morgan fingerprint density at radius 1 is 1.19 bits per heavy atom. The summed E-state index contributed by atoms with van der Waals surface area (Å²) in [5, 5.41) is 3.67. The minimum absolute atomic E-state index is 0.0162. The zero-order valence-electron chi connectivity index (χ0n) is 13.9. The third-order valence-corrected chi connectivity index (χ3v) is 5.07. The predicted octanol–water partition coefficient (Wildman–Crippen LogP) is 4.70. The number of ether oxygens (including phenoxy) is 1. The molecule has 0 radical (unpaired) electrons. The molecule has 1 N–H and O–H groups in total. The number of nitrogens with one attached hydrogen (secondary N) is 1. The lowest BCUT2D eigenvalue weighted by Gasteiger charge is -2.51. The lowest BCUT2D eigenvalue weighted by molar-refractivity contribution is -0.0598. The molecule has 1 aliphatic heterocycles. The number of benzene rings is 1. The van der Waals surface area contributed by atoms with Gasteiger partial charge in [-0.2, -0.15) is 0 Å². The first-order valence-corrected chi connectivity index (χ1v) is 8.44. The second-order valence-electron chi connectivity index (χ2n) is 7.99. The van der Waals surface area contributed by atoms with Gasteiger partial charge in [-0.3, -0.25) is 0 Å². The van der Waals surface area contributed by atoms with E-state index in [1.54, 1.807) is 0 Å². The molecule has 3 atom stereocenters. The highest BCUT2D eigenvalue weighted by atomic mass is 16.5. The van der Waals surface area contributed by atoms with Gasteiger partial charge in [0.05, 0.1) is 0 Å². The van der Waals surface area contributed by atoms with Gasteiger partial charge in [0.1, 0.15) is 11.4 Å². The molecule has 2 nitrogen and oxygen atoms in total. The van der Waals surface area contributed by atoms with Gasteiger partial charge in [0, 0.05) is 18.0 Å². The van der Waals surface area contributed by atoms with Crippen molar-refractivity contribution in [3.05, 3.63) is 29.8 Å². The molecular weight excluding hydrogens is 258 g/mol. The summed E-state index contributed by atoms with van der Waals surface area (Å²) in [5.74, 6) is 1.83. The summed E-state index contributed by atoms with van der Waals surface area (Å²) in [6.07, 6.45) is 4.77. The number of rotatable bonds is 2. The highest BCUT2D eigenvalue weighted by Gasteiger charge is 2.48. The van der Waals surface area contributed by atoms with Crippen molar-refractivity contribution in [2.45, 2.75) is 65.0 Å². The van der Waals surface area contributed by atoms with Crippen LogP contribution in [0.3, 0.4) is 0 Å². The summed E-state index contributed by atoms with van der Waals surface area (Å²) in [6, 6.07) is 9.01. The van der Waals surface area contributed by atoms with Crippen LogP contribution in [0.1, 0.15) is 65.0 Å². The fraction of sp³-hybridized carbons (Fsp3) is 0.684. The second-order valence-corrected chi connectivity index (χ2v) is 7.99. The van der Waals surface area contributed by atoms with Gasteiger partial charge in [0.25, 0.3) is 0 Å². The maximum absolute atomic E-state index is 6.60. The number of para-hydroxylation sites is 1. The third-order valence-electron chi connectivity index (χ3n) is 5.07. The molecule has 1 fully saturated rings. The molecule has 1 aromatic carbocycles. The van der Waals surface area contributed by atoms with Crippen molar-refractivity contribution >= 4 is 0 Å². The second kappa shape index (κ2) is 5.31. The van der Waals surface area contributed by atoms with Crippen LogP contribution in [0, 0.1) is 11.3 Å². The number of hydrogen-bond acceptors (Lipinski definition) is 2. The highest BCUT2D eigenvalue weighted by Crippen LogP contribution is 2.52. The Kier molecular flexibility index (Phi) is 3.77. The molecule has 1 spiro atoms. The zero-order valence-corrected chi connectivity index (χ0v) is 13.9. The lowest BCUT2D eigenvalue weighted by atomic mass is 9.63.